The van der Waals surface area contributed by atoms with Crippen LogP contribution in [0.1, 0.15) is 19.0 Å². The zero-order chi connectivity index (χ0) is 12.9. The number of hydrogen-bond acceptors (Lipinski definition) is 4. The van der Waals surface area contributed by atoms with E-state index >= 15 is 0 Å². The van der Waals surface area contributed by atoms with Gasteiger partial charge in [0, 0.05) is 20.7 Å². The number of hydrogen-bond donors (Lipinski definition) is 2. The van der Waals surface area contributed by atoms with Gasteiger partial charge in [0.25, 0.3) is 0 Å². The molecule has 2 N–H and O–H groups in total. The van der Waals surface area contributed by atoms with Crippen LogP contribution in [0.4, 0.5) is 0 Å². The van der Waals surface area contributed by atoms with E-state index in [0.29, 0.717) is 30.3 Å². The van der Waals surface area contributed by atoms with Gasteiger partial charge in [-0.2, -0.15) is 5.10 Å². The van der Waals surface area contributed by atoms with E-state index in [0.717, 1.165) is 6.54 Å². The second-order valence-corrected chi connectivity index (χ2v) is 4.64. The summed E-state index contributed by atoms with van der Waals surface area (Å²) in [5.74, 6) is 0. The zero-order valence-electron chi connectivity index (χ0n) is 10.5. The maximum absolute atomic E-state index is 10.4. The Labute approximate surface area is 107 Å². The molecule has 0 aliphatic carbocycles. The predicted molar refractivity (Wildman–Crippen MR) is 67.2 cm³/mol. The number of nitrogens with one attached hydrogen (secondary N) is 1. The fourth-order valence-electron chi connectivity index (χ4n) is 1.77. The topological polar surface area (TPSA) is 59.3 Å². The molecule has 1 unspecified atom stereocenters. The van der Waals surface area contributed by atoms with E-state index in [-0.39, 0.29) is 0 Å². The summed E-state index contributed by atoms with van der Waals surface area (Å²) in [5.41, 5.74) is -0.338. The first kappa shape index (κ1) is 14.4. The van der Waals surface area contributed by atoms with E-state index in [4.69, 9.17) is 16.3 Å². The first-order valence-electron chi connectivity index (χ1n) is 5.59. The first-order valence-corrected chi connectivity index (χ1v) is 5.97. The number of rotatable bonds is 7. The molecular formula is C11H20ClN3O2. The Morgan fingerprint density at radius 2 is 2.29 bits per heavy atom. The van der Waals surface area contributed by atoms with E-state index < -0.39 is 5.60 Å². The number of aliphatic hydroxyl groups is 1. The van der Waals surface area contributed by atoms with Gasteiger partial charge in [0.2, 0.25) is 0 Å². The Bertz CT molecular complexity index is 333. The average Bonchev–Trinajstić information content (AvgIpc) is 2.58. The summed E-state index contributed by atoms with van der Waals surface area (Å²) in [6, 6.07) is 0. The van der Waals surface area contributed by atoms with Crippen LogP contribution < -0.4 is 5.32 Å². The number of aromatic nitrogens is 2. The van der Waals surface area contributed by atoms with Crippen molar-refractivity contribution in [1.29, 1.82) is 0 Å². The highest BCUT2D eigenvalue weighted by molar-refractivity contribution is 6.31. The van der Waals surface area contributed by atoms with E-state index in [1.54, 1.807) is 32.0 Å². The molecule has 0 fully saturated rings. The van der Waals surface area contributed by atoms with Crippen molar-refractivity contribution < 1.29 is 9.84 Å². The number of methoxy groups -OCH3 is 1. The van der Waals surface area contributed by atoms with Gasteiger partial charge < -0.3 is 15.2 Å². The Kier molecular flexibility index (Phi) is 5.39. The number of ether oxygens (including phenoxy) is 1. The molecule has 5 nitrogen and oxygen atoms in total. The molecule has 0 spiro atoms. The van der Waals surface area contributed by atoms with Crippen LogP contribution in [0.25, 0.3) is 0 Å². The smallest absolute Gasteiger partial charge is 0.106 e. The van der Waals surface area contributed by atoms with Crippen molar-refractivity contribution in [2.75, 3.05) is 26.8 Å². The summed E-state index contributed by atoms with van der Waals surface area (Å²) in [5, 5.41) is 18.1. The van der Waals surface area contributed by atoms with Gasteiger partial charge in [0.15, 0.2) is 0 Å². The Balaban J connectivity index is 2.51. The lowest BCUT2D eigenvalue weighted by Gasteiger charge is -2.24. The molecule has 1 atom stereocenters. The fourth-order valence-corrected chi connectivity index (χ4v) is 2.14. The maximum atomic E-state index is 10.4. The summed E-state index contributed by atoms with van der Waals surface area (Å²) in [6.45, 7) is 3.87. The van der Waals surface area contributed by atoms with Crippen molar-refractivity contribution in [1.82, 2.24) is 15.1 Å². The molecule has 1 heterocycles. The van der Waals surface area contributed by atoms with Crippen LogP contribution in [0, 0.1) is 0 Å². The highest BCUT2D eigenvalue weighted by Gasteiger charge is 2.28. The Morgan fingerprint density at radius 3 is 2.82 bits per heavy atom. The van der Waals surface area contributed by atoms with Crippen LogP contribution in [-0.4, -0.2) is 41.7 Å². The standard InChI is InChI=1S/C11H20ClN3O2/c1-11(16,4-5-13-6-7-17-3)10-9(12)8-14-15(10)2/h8,13,16H,4-7H2,1-3H3. The minimum absolute atomic E-state index is 0.495. The second kappa shape index (κ2) is 6.35. The third-order valence-electron chi connectivity index (χ3n) is 2.68. The molecule has 0 aromatic carbocycles. The maximum Gasteiger partial charge on any atom is 0.106 e. The lowest BCUT2D eigenvalue weighted by Crippen LogP contribution is -2.31. The molecule has 0 saturated carbocycles. The van der Waals surface area contributed by atoms with Gasteiger partial charge in [-0.25, -0.2) is 0 Å². The number of aryl methyl sites for hydroxylation is 1. The first-order chi connectivity index (χ1) is 7.99. The molecule has 0 aliphatic heterocycles. The second-order valence-electron chi connectivity index (χ2n) is 4.23. The lowest BCUT2D eigenvalue weighted by molar-refractivity contribution is 0.0393. The highest BCUT2D eigenvalue weighted by atomic mass is 35.5. The minimum atomic E-state index is -0.984. The summed E-state index contributed by atoms with van der Waals surface area (Å²) in [4.78, 5) is 0. The summed E-state index contributed by atoms with van der Waals surface area (Å²) >= 11 is 6.01. The van der Waals surface area contributed by atoms with Gasteiger partial charge in [-0.15, -0.1) is 0 Å². The molecule has 0 radical (unpaired) electrons. The average molecular weight is 262 g/mol. The van der Waals surface area contributed by atoms with Crippen molar-refractivity contribution in [3.63, 3.8) is 0 Å². The number of nitrogens with zero attached hydrogens (tertiary/aromatic N) is 2. The van der Waals surface area contributed by atoms with E-state index in [9.17, 15) is 5.11 Å². The minimum Gasteiger partial charge on any atom is -0.384 e. The van der Waals surface area contributed by atoms with Crippen LogP contribution in [-0.2, 0) is 17.4 Å². The third-order valence-corrected chi connectivity index (χ3v) is 2.95. The lowest BCUT2D eigenvalue weighted by atomic mass is 9.98. The molecule has 17 heavy (non-hydrogen) atoms. The van der Waals surface area contributed by atoms with Crippen LogP contribution in [0.3, 0.4) is 0 Å². The van der Waals surface area contributed by atoms with Gasteiger partial charge in [0.1, 0.15) is 5.60 Å². The molecule has 0 saturated heterocycles. The summed E-state index contributed by atoms with van der Waals surface area (Å²) in [6.07, 6.45) is 2.11. The van der Waals surface area contributed by atoms with Crippen LogP contribution >= 0.6 is 11.6 Å². The fraction of sp³-hybridized carbons (Fsp3) is 0.727. The van der Waals surface area contributed by atoms with E-state index in [1.807, 2.05) is 0 Å². The van der Waals surface area contributed by atoms with E-state index in [1.165, 1.54) is 0 Å². The largest absolute Gasteiger partial charge is 0.384 e. The highest BCUT2D eigenvalue weighted by Crippen LogP contribution is 2.29. The molecule has 1 aromatic rings. The van der Waals surface area contributed by atoms with Gasteiger partial charge in [0.05, 0.1) is 23.5 Å². The number of halogens is 1. The molecular weight excluding hydrogens is 242 g/mol. The molecule has 0 aliphatic rings. The SMILES string of the molecule is COCCNCCC(C)(O)c1c(Cl)cnn1C. The summed E-state index contributed by atoms with van der Waals surface area (Å²) < 4.78 is 6.53. The Morgan fingerprint density at radius 1 is 1.59 bits per heavy atom. The third kappa shape index (κ3) is 3.96. The molecule has 1 rings (SSSR count). The zero-order valence-corrected chi connectivity index (χ0v) is 11.3. The van der Waals surface area contributed by atoms with Crippen LogP contribution in [0.5, 0.6) is 0 Å². The monoisotopic (exact) mass is 261 g/mol. The molecule has 0 amide bonds. The van der Waals surface area contributed by atoms with Crippen molar-refractivity contribution in [3.8, 4) is 0 Å². The predicted octanol–water partition coefficient (Wildman–Crippen LogP) is 0.907. The molecule has 6 heteroatoms. The van der Waals surface area contributed by atoms with E-state index in [2.05, 4.69) is 10.4 Å². The molecule has 0 bridgehead atoms. The van der Waals surface area contributed by atoms with Gasteiger partial charge in [-0.3, -0.25) is 4.68 Å². The quantitative estimate of drug-likeness (QED) is 0.717. The Hall–Kier alpha value is -0.620. The molecule has 98 valence electrons. The van der Waals surface area contributed by atoms with Gasteiger partial charge in [-0.05, 0) is 19.9 Å². The van der Waals surface area contributed by atoms with Crippen LogP contribution in [0.15, 0.2) is 6.20 Å². The van der Waals surface area contributed by atoms with Crippen molar-refractivity contribution in [2.45, 2.75) is 18.9 Å². The van der Waals surface area contributed by atoms with Crippen LogP contribution in [0.2, 0.25) is 5.02 Å². The van der Waals surface area contributed by atoms with Crippen molar-refractivity contribution >= 4 is 11.6 Å². The summed E-state index contributed by atoms with van der Waals surface area (Å²) in [7, 11) is 3.43. The van der Waals surface area contributed by atoms with Gasteiger partial charge in [-0.1, -0.05) is 11.6 Å². The van der Waals surface area contributed by atoms with Gasteiger partial charge >= 0.3 is 0 Å². The van der Waals surface area contributed by atoms with Crippen molar-refractivity contribution in [3.05, 3.63) is 16.9 Å². The molecule has 1 aromatic heterocycles. The normalized spacial score (nSPS) is 14.9. The van der Waals surface area contributed by atoms with Crippen molar-refractivity contribution in [2.24, 2.45) is 7.05 Å².